The number of benzene rings is 1. The number of Topliss-reactive ketones (excluding diaryl/α,β-unsaturated/α-hetero) is 1. The Morgan fingerprint density at radius 2 is 1.97 bits per heavy atom. The highest BCUT2D eigenvalue weighted by Gasteiger charge is 2.46. The number of rotatable bonds is 6. The summed E-state index contributed by atoms with van der Waals surface area (Å²) in [5.41, 5.74) is 2.97. The number of ketones is 1. The Morgan fingerprint density at radius 3 is 2.62 bits per heavy atom. The van der Waals surface area contributed by atoms with Crippen molar-refractivity contribution in [2.24, 2.45) is 10.9 Å². The van der Waals surface area contributed by atoms with Crippen LogP contribution in [0.2, 0.25) is 0 Å². The Bertz CT molecular complexity index is 1090. The standard InChI is InChI=1S/C25H27NO5S/c1-5-31-19-9-8-15(13-20(19)29-3)16-11-17-23(18(27)12-16)24(21-7-6-10-32-21)22(14(2)26-17)25(28)30-4/h6-10,13,16,23-24H,5,11-12H2,1-4H3/t16-,23?,24-/m0/s1. The van der Waals surface area contributed by atoms with Gasteiger partial charge in [0.05, 0.1) is 32.3 Å². The topological polar surface area (TPSA) is 74.2 Å². The van der Waals surface area contributed by atoms with Gasteiger partial charge >= 0.3 is 5.97 Å². The summed E-state index contributed by atoms with van der Waals surface area (Å²) in [6.45, 7) is 4.30. The fourth-order valence-corrected chi connectivity index (χ4v) is 5.65. The maximum Gasteiger partial charge on any atom is 0.336 e. The van der Waals surface area contributed by atoms with Gasteiger partial charge in [-0.3, -0.25) is 9.79 Å². The zero-order valence-electron chi connectivity index (χ0n) is 18.7. The average molecular weight is 454 g/mol. The Hall–Kier alpha value is -2.93. The molecule has 0 N–H and O–H groups in total. The van der Waals surface area contributed by atoms with E-state index in [1.54, 1.807) is 18.4 Å². The van der Waals surface area contributed by atoms with Gasteiger partial charge in [0.15, 0.2) is 11.5 Å². The van der Waals surface area contributed by atoms with E-state index >= 15 is 0 Å². The van der Waals surface area contributed by atoms with Crippen molar-refractivity contribution < 1.29 is 23.8 Å². The van der Waals surface area contributed by atoms with Gasteiger partial charge in [0.25, 0.3) is 0 Å². The fourth-order valence-electron chi connectivity index (χ4n) is 4.78. The monoisotopic (exact) mass is 453 g/mol. The van der Waals surface area contributed by atoms with Crippen LogP contribution in [-0.4, -0.2) is 38.3 Å². The third-order valence-electron chi connectivity index (χ3n) is 6.17. The van der Waals surface area contributed by atoms with Gasteiger partial charge in [-0.05, 0) is 55.3 Å². The number of aliphatic imine (C=N–C) groups is 1. The van der Waals surface area contributed by atoms with Gasteiger partial charge in [0, 0.05) is 28.6 Å². The molecular formula is C25H27NO5S. The number of esters is 1. The minimum Gasteiger partial charge on any atom is -0.493 e. The molecule has 2 aliphatic rings. The predicted octanol–water partition coefficient (Wildman–Crippen LogP) is 4.90. The van der Waals surface area contributed by atoms with Crippen LogP contribution in [0.1, 0.15) is 49.0 Å². The normalized spacial score (nSPS) is 22.8. The first-order valence-electron chi connectivity index (χ1n) is 10.7. The molecule has 7 heteroatoms. The highest BCUT2D eigenvalue weighted by molar-refractivity contribution is 7.10. The van der Waals surface area contributed by atoms with Crippen LogP contribution in [0, 0.1) is 5.92 Å². The van der Waals surface area contributed by atoms with E-state index in [1.165, 1.54) is 7.11 Å². The molecule has 6 nitrogen and oxygen atoms in total. The zero-order chi connectivity index (χ0) is 22.8. The number of hydrogen-bond donors (Lipinski definition) is 0. The lowest BCUT2D eigenvalue weighted by atomic mass is 9.67. The first kappa shape index (κ1) is 22.3. The van der Waals surface area contributed by atoms with Gasteiger partial charge in [-0.15, -0.1) is 11.3 Å². The smallest absolute Gasteiger partial charge is 0.336 e. The number of carbonyl (C=O) groups excluding carboxylic acids is 2. The summed E-state index contributed by atoms with van der Waals surface area (Å²) < 4.78 is 16.2. The summed E-state index contributed by atoms with van der Waals surface area (Å²) in [5, 5.41) is 1.97. The lowest BCUT2D eigenvalue weighted by molar-refractivity contribution is -0.136. The van der Waals surface area contributed by atoms with Crippen molar-refractivity contribution in [3.05, 3.63) is 57.4 Å². The Labute approximate surface area is 191 Å². The van der Waals surface area contributed by atoms with E-state index in [1.807, 2.05) is 49.6 Å². The fraction of sp³-hybridized carbons (Fsp3) is 0.400. The summed E-state index contributed by atoms with van der Waals surface area (Å²) in [5.74, 6) is 0.233. The number of carbonyl (C=O) groups is 2. The van der Waals surface area contributed by atoms with E-state index in [9.17, 15) is 9.59 Å². The van der Waals surface area contributed by atoms with Gasteiger partial charge < -0.3 is 14.2 Å². The largest absolute Gasteiger partial charge is 0.493 e. The molecule has 0 spiro atoms. The molecule has 1 aliphatic heterocycles. The molecule has 1 unspecified atom stereocenters. The molecule has 168 valence electrons. The van der Waals surface area contributed by atoms with Crippen LogP contribution < -0.4 is 9.47 Å². The second-order valence-corrected chi connectivity index (χ2v) is 8.96. The van der Waals surface area contributed by atoms with Crippen molar-refractivity contribution in [3.8, 4) is 11.5 Å². The Morgan fingerprint density at radius 1 is 1.16 bits per heavy atom. The lowest BCUT2D eigenvalue weighted by Gasteiger charge is -2.37. The summed E-state index contributed by atoms with van der Waals surface area (Å²) in [4.78, 5) is 31.9. The van der Waals surface area contributed by atoms with Crippen molar-refractivity contribution in [3.63, 3.8) is 0 Å². The SMILES string of the molecule is CCOc1ccc([C@@H]2CC(=O)C3C(=NC(C)=C(C(=O)OC)[C@@H]3c3cccs3)C2)cc1OC. The molecule has 2 heterocycles. The van der Waals surface area contributed by atoms with Crippen LogP contribution >= 0.6 is 11.3 Å². The molecule has 4 rings (SSSR count). The second kappa shape index (κ2) is 9.28. The number of ether oxygens (including phenoxy) is 3. The number of fused-ring (bicyclic) bond motifs is 1. The molecule has 2 aromatic rings. The van der Waals surface area contributed by atoms with Crippen LogP contribution in [0.4, 0.5) is 0 Å². The van der Waals surface area contributed by atoms with Crippen molar-refractivity contribution >= 4 is 28.8 Å². The molecule has 32 heavy (non-hydrogen) atoms. The molecule has 1 aliphatic carbocycles. The van der Waals surface area contributed by atoms with Gasteiger partial charge in [-0.25, -0.2) is 4.79 Å². The number of nitrogens with zero attached hydrogens (tertiary/aromatic N) is 1. The highest BCUT2D eigenvalue weighted by Crippen LogP contribution is 2.47. The van der Waals surface area contributed by atoms with Crippen molar-refractivity contribution in [1.29, 1.82) is 0 Å². The predicted molar refractivity (Wildman–Crippen MR) is 124 cm³/mol. The third-order valence-corrected chi connectivity index (χ3v) is 7.12. The molecule has 0 amide bonds. The van der Waals surface area contributed by atoms with E-state index in [4.69, 9.17) is 19.2 Å². The van der Waals surface area contributed by atoms with E-state index in [-0.39, 0.29) is 17.6 Å². The summed E-state index contributed by atoms with van der Waals surface area (Å²) in [7, 11) is 2.98. The molecule has 1 aromatic heterocycles. The van der Waals surface area contributed by atoms with Crippen LogP contribution in [0.25, 0.3) is 0 Å². The minimum atomic E-state index is -0.438. The van der Waals surface area contributed by atoms with Crippen molar-refractivity contribution in [2.45, 2.75) is 38.5 Å². The van der Waals surface area contributed by atoms with Gasteiger partial charge in [-0.1, -0.05) is 12.1 Å². The van der Waals surface area contributed by atoms with Gasteiger partial charge in [0.2, 0.25) is 0 Å². The number of methoxy groups -OCH3 is 2. The second-order valence-electron chi connectivity index (χ2n) is 7.98. The van der Waals surface area contributed by atoms with Gasteiger partial charge in [-0.2, -0.15) is 0 Å². The van der Waals surface area contributed by atoms with E-state index in [0.29, 0.717) is 42.2 Å². The number of hydrogen-bond acceptors (Lipinski definition) is 7. The van der Waals surface area contributed by atoms with Crippen LogP contribution in [0.5, 0.6) is 11.5 Å². The zero-order valence-corrected chi connectivity index (χ0v) is 19.5. The van der Waals surface area contributed by atoms with Crippen LogP contribution in [0.3, 0.4) is 0 Å². The molecule has 1 saturated carbocycles. The van der Waals surface area contributed by atoms with Crippen LogP contribution in [-0.2, 0) is 14.3 Å². The average Bonchev–Trinajstić information content (AvgIpc) is 3.32. The molecular weight excluding hydrogens is 426 g/mol. The van der Waals surface area contributed by atoms with Crippen molar-refractivity contribution in [1.82, 2.24) is 0 Å². The highest BCUT2D eigenvalue weighted by atomic mass is 32.1. The summed E-state index contributed by atoms with van der Waals surface area (Å²) in [6.07, 6.45) is 1.04. The molecule has 0 saturated heterocycles. The summed E-state index contributed by atoms with van der Waals surface area (Å²) >= 11 is 1.55. The molecule has 1 aromatic carbocycles. The van der Waals surface area contributed by atoms with Crippen LogP contribution in [0.15, 0.2) is 52.0 Å². The Balaban J connectivity index is 1.72. The Kier molecular flexibility index (Phi) is 6.46. The van der Waals surface area contributed by atoms with Crippen molar-refractivity contribution in [2.75, 3.05) is 20.8 Å². The van der Waals surface area contributed by atoms with E-state index < -0.39 is 11.9 Å². The molecule has 3 atom stereocenters. The van der Waals surface area contributed by atoms with E-state index in [0.717, 1.165) is 16.2 Å². The number of allylic oxidation sites excluding steroid dienone is 1. The van der Waals surface area contributed by atoms with E-state index in [2.05, 4.69) is 0 Å². The molecule has 0 radical (unpaired) electrons. The summed E-state index contributed by atoms with van der Waals surface area (Å²) in [6, 6.07) is 9.76. The maximum atomic E-state index is 13.5. The quantitative estimate of drug-likeness (QED) is 0.582. The molecule has 1 fully saturated rings. The molecule has 0 bridgehead atoms. The van der Waals surface area contributed by atoms with Gasteiger partial charge in [0.1, 0.15) is 5.78 Å². The number of thiophene rings is 1. The first-order chi connectivity index (χ1) is 15.5. The third kappa shape index (κ3) is 3.97. The lowest BCUT2D eigenvalue weighted by Crippen LogP contribution is -2.40. The maximum absolute atomic E-state index is 13.5. The minimum absolute atomic E-state index is 0.00135. The first-order valence-corrected chi connectivity index (χ1v) is 11.6.